The molecular formula is C11H20N2S. The number of rotatable bonds is 0. The van der Waals surface area contributed by atoms with Crippen LogP contribution in [-0.4, -0.2) is 17.9 Å². The first-order chi connectivity index (χ1) is 6.88. The van der Waals surface area contributed by atoms with Gasteiger partial charge in [0.1, 0.15) is 0 Å². The van der Waals surface area contributed by atoms with Crippen LogP contribution < -0.4 is 4.90 Å². The predicted octanol–water partition coefficient (Wildman–Crippen LogP) is 3.63. The molecule has 0 fully saturated rings. The number of hydrogen-bond donors (Lipinski definition) is 0. The fourth-order valence-electron chi connectivity index (χ4n) is 1.04. The molecule has 0 atom stereocenters. The normalized spacial score (nSPS) is 11.9. The standard InChI is InChI=1S/C7H8N2S.2C2H6/c1-9-5-10-7-4-8-3-2-6(7)9;2*1-2/h2-4H,5H2,1H3;2*1-2H3. The Balaban J connectivity index is 0.000000379. The second-order valence-electron chi connectivity index (χ2n) is 2.31. The molecule has 0 unspecified atom stereocenters. The minimum Gasteiger partial charge on any atom is -0.364 e. The Morgan fingerprint density at radius 1 is 1.29 bits per heavy atom. The SMILES string of the molecule is CC.CC.CN1CSc2cnccc21. The van der Waals surface area contributed by atoms with E-state index in [1.54, 1.807) is 0 Å². The van der Waals surface area contributed by atoms with E-state index < -0.39 is 0 Å². The molecule has 0 radical (unpaired) electrons. The van der Waals surface area contributed by atoms with Crippen LogP contribution in [0.5, 0.6) is 0 Å². The Hall–Kier alpha value is -0.700. The van der Waals surface area contributed by atoms with Crippen molar-refractivity contribution in [2.45, 2.75) is 32.6 Å². The minimum absolute atomic E-state index is 1.06. The molecule has 0 N–H and O–H groups in total. The first-order valence-corrected chi connectivity index (χ1v) is 6.14. The molecule has 0 bridgehead atoms. The van der Waals surface area contributed by atoms with Crippen molar-refractivity contribution in [3.8, 4) is 0 Å². The topological polar surface area (TPSA) is 16.1 Å². The molecule has 0 saturated carbocycles. The Bertz CT molecular complexity index is 251. The summed E-state index contributed by atoms with van der Waals surface area (Å²) in [7, 11) is 2.10. The highest BCUT2D eigenvalue weighted by Crippen LogP contribution is 2.35. The molecule has 1 aliphatic heterocycles. The lowest BCUT2D eigenvalue weighted by Gasteiger charge is -2.08. The third-order valence-electron chi connectivity index (χ3n) is 1.59. The van der Waals surface area contributed by atoms with Crippen LogP contribution in [0.1, 0.15) is 27.7 Å². The van der Waals surface area contributed by atoms with Crippen LogP contribution in [0.15, 0.2) is 23.4 Å². The van der Waals surface area contributed by atoms with Crippen molar-refractivity contribution in [1.82, 2.24) is 4.98 Å². The van der Waals surface area contributed by atoms with E-state index in [1.807, 2.05) is 51.9 Å². The van der Waals surface area contributed by atoms with Crippen molar-refractivity contribution in [2.75, 3.05) is 17.8 Å². The quantitative estimate of drug-likeness (QED) is 0.653. The van der Waals surface area contributed by atoms with Crippen LogP contribution >= 0.6 is 11.8 Å². The number of aromatic nitrogens is 1. The van der Waals surface area contributed by atoms with E-state index in [-0.39, 0.29) is 0 Å². The third-order valence-corrected chi connectivity index (χ3v) is 2.73. The number of fused-ring (bicyclic) bond motifs is 1. The number of pyridine rings is 1. The first kappa shape index (κ1) is 13.3. The first-order valence-electron chi connectivity index (χ1n) is 5.16. The molecule has 2 rings (SSSR count). The van der Waals surface area contributed by atoms with E-state index in [4.69, 9.17) is 0 Å². The summed E-state index contributed by atoms with van der Waals surface area (Å²) in [5.74, 6) is 1.06. The Morgan fingerprint density at radius 2 is 1.93 bits per heavy atom. The van der Waals surface area contributed by atoms with E-state index >= 15 is 0 Å². The van der Waals surface area contributed by atoms with Gasteiger partial charge in [-0.3, -0.25) is 4.98 Å². The maximum atomic E-state index is 4.04. The molecule has 1 aliphatic rings. The molecule has 3 heteroatoms. The van der Waals surface area contributed by atoms with Crippen molar-refractivity contribution in [1.29, 1.82) is 0 Å². The lowest BCUT2D eigenvalue weighted by molar-refractivity contribution is 1.09. The zero-order chi connectivity index (χ0) is 11.0. The lowest BCUT2D eigenvalue weighted by atomic mass is 10.4. The Labute approximate surface area is 91.7 Å². The van der Waals surface area contributed by atoms with Crippen LogP contribution in [0.2, 0.25) is 0 Å². The molecule has 0 aliphatic carbocycles. The summed E-state index contributed by atoms with van der Waals surface area (Å²) < 4.78 is 0. The molecule has 0 aromatic carbocycles. The van der Waals surface area contributed by atoms with Gasteiger partial charge >= 0.3 is 0 Å². The number of anilines is 1. The summed E-state index contributed by atoms with van der Waals surface area (Å²) in [6.45, 7) is 8.00. The highest BCUT2D eigenvalue weighted by molar-refractivity contribution is 7.99. The van der Waals surface area contributed by atoms with Crippen molar-refractivity contribution in [3.05, 3.63) is 18.5 Å². The maximum Gasteiger partial charge on any atom is 0.0684 e. The molecular weight excluding hydrogens is 192 g/mol. The second kappa shape index (κ2) is 7.68. The number of thioether (sulfide) groups is 1. The summed E-state index contributed by atoms with van der Waals surface area (Å²) >= 11 is 1.84. The van der Waals surface area contributed by atoms with Crippen LogP contribution in [-0.2, 0) is 0 Å². The van der Waals surface area contributed by atoms with Gasteiger partial charge in [-0.15, -0.1) is 11.8 Å². The van der Waals surface area contributed by atoms with Gasteiger partial charge in [-0.05, 0) is 6.07 Å². The highest BCUT2D eigenvalue weighted by atomic mass is 32.2. The molecule has 0 saturated heterocycles. The summed E-state index contributed by atoms with van der Waals surface area (Å²) in [6, 6.07) is 2.05. The van der Waals surface area contributed by atoms with Gasteiger partial charge in [0.25, 0.3) is 0 Å². The van der Waals surface area contributed by atoms with Gasteiger partial charge in [-0.25, -0.2) is 0 Å². The van der Waals surface area contributed by atoms with Crippen LogP contribution in [0.3, 0.4) is 0 Å². The van der Waals surface area contributed by atoms with Gasteiger partial charge in [0.15, 0.2) is 0 Å². The highest BCUT2D eigenvalue weighted by Gasteiger charge is 2.14. The fourth-order valence-corrected chi connectivity index (χ4v) is 2.01. The second-order valence-corrected chi connectivity index (χ2v) is 3.30. The van der Waals surface area contributed by atoms with E-state index in [0.29, 0.717) is 0 Å². The molecule has 0 spiro atoms. The van der Waals surface area contributed by atoms with Gasteiger partial charge in [0.05, 0.1) is 16.5 Å². The molecule has 2 nitrogen and oxygen atoms in total. The van der Waals surface area contributed by atoms with Crippen molar-refractivity contribution < 1.29 is 0 Å². The summed E-state index contributed by atoms with van der Waals surface area (Å²) in [5, 5.41) is 0. The van der Waals surface area contributed by atoms with Gasteiger partial charge in [0, 0.05) is 19.4 Å². The van der Waals surface area contributed by atoms with Crippen LogP contribution in [0.4, 0.5) is 5.69 Å². The predicted molar refractivity (Wildman–Crippen MR) is 66.1 cm³/mol. The largest absolute Gasteiger partial charge is 0.364 e. The summed E-state index contributed by atoms with van der Waals surface area (Å²) in [5.41, 5.74) is 1.31. The Morgan fingerprint density at radius 3 is 2.50 bits per heavy atom. The minimum atomic E-state index is 1.06. The summed E-state index contributed by atoms with van der Waals surface area (Å²) in [6.07, 6.45) is 3.75. The van der Waals surface area contributed by atoms with Crippen molar-refractivity contribution >= 4 is 17.4 Å². The third kappa shape index (κ3) is 3.22. The van der Waals surface area contributed by atoms with Gasteiger partial charge < -0.3 is 4.90 Å². The monoisotopic (exact) mass is 212 g/mol. The van der Waals surface area contributed by atoms with E-state index in [9.17, 15) is 0 Å². The van der Waals surface area contributed by atoms with Gasteiger partial charge in [-0.1, -0.05) is 27.7 Å². The van der Waals surface area contributed by atoms with Crippen LogP contribution in [0, 0.1) is 0 Å². The summed E-state index contributed by atoms with van der Waals surface area (Å²) in [4.78, 5) is 7.56. The number of hydrogen-bond acceptors (Lipinski definition) is 3. The molecule has 14 heavy (non-hydrogen) atoms. The lowest BCUT2D eigenvalue weighted by Crippen LogP contribution is -2.10. The maximum absolute atomic E-state index is 4.04. The average Bonchev–Trinajstić information content (AvgIpc) is 2.67. The number of nitrogens with zero attached hydrogens (tertiary/aromatic N) is 2. The molecule has 2 heterocycles. The average molecular weight is 212 g/mol. The molecule has 0 amide bonds. The smallest absolute Gasteiger partial charge is 0.0684 e. The molecule has 80 valence electrons. The van der Waals surface area contributed by atoms with Gasteiger partial charge in [-0.2, -0.15) is 0 Å². The van der Waals surface area contributed by atoms with Gasteiger partial charge in [0.2, 0.25) is 0 Å². The van der Waals surface area contributed by atoms with E-state index in [1.165, 1.54) is 10.6 Å². The van der Waals surface area contributed by atoms with E-state index in [0.717, 1.165) is 5.88 Å². The Kier molecular flexibility index (Phi) is 7.30. The van der Waals surface area contributed by atoms with Crippen molar-refractivity contribution in [2.24, 2.45) is 0 Å². The van der Waals surface area contributed by atoms with Crippen LogP contribution in [0.25, 0.3) is 0 Å². The molecule has 1 aromatic heterocycles. The van der Waals surface area contributed by atoms with Crippen molar-refractivity contribution in [3.63, 3.8) is 0 Å². The molecule has 1 aromatic rings. The zero-order valence-corrected chi connectivity index (χ0v) is 10.6. The fraction of sp³-hybridized carbons (Fsp3) is 0.545. The zero-order valence-electron chi connectivity index (χ0n) is 9.74. The van der Waals surface area contributed by atoms with E-state index in [2.05, 4.69) is 23.0 Å².